The van der Waals surface area contributed by atoms with E-state index in [1.165, 1.54) is 6.42 Å². The molecule has 0 spiro atoms. The van der Waals surface area contributed by atoms with Crippen LogP contribution < -0.4 is 0 Å². The minimum absolute atomic E-state index is 0.308. The number of hydrogen-bond acceptors (Lipinski definition) is 1. The van der Waals surface area contributed by atoms with Crippen molar-refractivity contribution in [1.29, 1.82) is 0 Å². The molecule has 0 fully saturated rings. The van der Waals surface area contributed by atoms with Crippen LogP contribution in [-0.4, -0.2) is 11.1 Å². The van der Waals surface area contributed by atoms with Gasteiger partial charge in [0.2, 0.25) is 0 Å². The summed E-state index contributed by atoms with van der Waals surface area (Å²) in [6.45, 7) is 10.2. The van der Waals surface area contributed by atoms with Crippen molar-refractivity contribution in [1.82, 2.24) is 0 Å². The van der Waals surface area contributed by atoms with Crippen molar-refractivity contribution in [3.63, 3.8) is 0 Å². The first-order valence-corrected chi connectivity index (χ1v) is 6.31. The Labute approximate surface area is 107 Å². The van der Waals surface area contributed by atoms with Crippen molar-refractivity contribution in [3.8, 4) is 0 Å². The number of rotatable bonds is 1. The Morgan fingerprint density at radius 2 is 1.75 bits per heavy atom. The molecule has 0 saturated carbocycles. The summed E-state index contributed by atoms with van der Waals surface area (Å²) in [5.41, 5.74) is 1.34. The van der Waals surface area contributed by atoms with Crippen molar-refractivity contribution >= 4 is 21.9 Å². The Hall–Kier alpha value is -0.830. The predicted molar refractivity (Wildman–Crippen MR) is 73.2 cm³/mol. The lowest BCUT2D eigenvalue weighted by Crippen LogP contribution is -1.95. The van der Waals surface area contributed by atoms with Gasteiger partial charge in [-0.2, -0.15) is 0 Å². The van der Waals surface area contributed by atoms with Crippen molar-refractivity contribution in [2.75, 3.05) is 0 Å². The van der Waals surface area contributed by atoms with E-state index in [4.69, 9.17) is 5.11 Å². The van der Waals surface area contributed by atoms with Crippen molar-refractivity contribution in [2.45, 2.75) is 41.0 Å². The summed E-state index contributed by atoms with van der Waals surface area (Å²) in [5.74, 6) is -0.897. The number of halogens is 1. The number of carboxylic acids is 1. The lowest BCUT2D eigenvalue weighted by molar-refractivity contribution is 0.0697. The average molecular weight is 289 g/mol. The molecule has 0 amide bonds. The summed E-state index contributed by atoms with van der Waals surface area (Å²) in [7, 11) is 0. The van der Waals surface area contributed by atoms with Crippen LogP contribution in [0, 0.1) is 6.92 Å². The Balaban J connectivity index is 0. The zero-order valence-electron chi connectivity index (χ0n) is 10.7. The van der Waals surface area contributed by atoms with Crippen LogP contribution in [0.1, 0.15) is 50.0 Å². The second-order valence-corrected chi connectivity index (χ2v) is 3.83. The molecule has 1 rings (SSSR count). The van der Waals surface area contributed by atoms with Crippen LogP contribution in [-0.2, 0) is 0 Å². The summed E-state index contributed by atoms with van der Waals surface area (Å²) in [6.07, 6.45) is 1.25. The molecular formula is C13H21BrO2. The zero-order chi connectivity index (χ0) is 13.1. The van der Waals surface area contributed by atoms with Gasteiger partial charge in [0.05, 0.1) is 5.56 Å². The molecular weight excluding hydrogens is 268 g/mol. The van der Waals surface area contributed by atoms with Gasteiger partial charge in [-0.05, 0) is 24.6 Å². The fourth-order valence-electron chi connectivity index (χ4n) is 0.726. The summed E-state index contributed by atoms with van der Waals surface area (Å²) in [4.78, 5) is 10.4. The van der Waals surface area contributed by atoms with Gasteiger partial charge in [-0.15, -0.1) is 0 Å². The number of benzene rings is 1. The van der Waals surface area contributed by atoms with Crippen LogP contribution in [0.15, 0.2) is 22.7 Å². The molecule has 1 aromatic carbocycles. The Morgan fingerprint density at radius 3 is 2.06 bits per heavy atom. The highest BCUT2D eigenvalue weighted by Gasteiger charge is 2.03. The second-order valence-electron chi connectivity index (χ2n) is 2.98. The van der Waals surface area contributed by atoms with E-state index in [0.717, 1.165) is 10.0 Å². The summed E-state index contributed by atoms with van der Waals surface area (Å²) in [6, 6.07) is 4.95. The first-order valence-electron chi connectivity index (χ1n) is 5.52. The van der Waals surface area contributed by atoms with Gasteiger partial charge in [-0.25, -0.2) is 4.79 Å². The van der Waals surface area contributed by atoms with E-state index in [1.54, 1.807) is 18.2 Å². The Kier molecular flexibility index (Phi) is 11.7. The van der Waals surface area contributed by atoms with E-state index in [9.17, 15) is 4.79 Å². The summed E-state index contributed by atoms with van der Waals surface area (Å²) in [5, 5.41) is 8.58. The van der Waals surface area contributed by atoms with Crippen LogP contribution in [0.3, 0.4) is 0 Å². The normalized spacial score (nSPS) is 8.12. The molecule has 0 unspecified atom stereocenters. The minimum atomic E-state index is -0.897. The topological polar surface area (TPSA) is 37.3 Å². The predicted octanol–water partition coefficient (Wildman–Crippen LogP) is 4.90. The number of hydrogen-bond donors (Lipinski definition) is 1. The van der Waals surface area contributed by atoms with Crippen molar-refractivity contribution in [2.24, 2.45) is 0 Å². The molecule has 1 aromatic rings. The van der Waals surface area contributed by atoms with Crippen molar-refractivity contribution in [3.05, 3.63) is 33.8 Å². The van der Waals surface area contributed by atoms with Gasteiger partial charge in [-0.1, -0.05) is 56.1 Å². The molecule has 92 valence electrons. The standard InChI is InChI=1S/C8H7BrO2.C3H8.C2H6/c1-5-2-3-6(8(10)11)4-7(5)9;1-3-2;1-2/h2-4H,1H3,(H,10,11);3H2,1-2H3;1-2H3. The highest BCUT2D eigenvalue weighted by atomic mass is 79.9. The maximum absolute atomic E-state index is 10.4. The van der Waals surface area contributed by atoms with E-state index in [0.29, 0.717) is 5.56 Å². The molecule has 0 aliphatic rings. The lowest BCUT2D eigenvalue weighted by Gasteiger charge is -1.98. The lowest BCUT2D eigenvalue weighted by atomic mass is 10.2. The Bertz CT molecular complexity index is 309. The maximum Gasteiger partial charge on any atom is 0.335 e. The molecule has 0 aromatic heterocycles. The van der Waals surface area contributed by atoms with Gasteiger partial charge in [0.15, 0.2) is 0 Å². The second kappa shape index (κ2) is 10.7. The van der Waals surface area contributed by atoms with Crippen LogP contribution >= 0.6 is 15.9 Å². The van der Waals surface area contributed by atoms with Gasteiger partial charge in [0.25, 0.3) is 0 Å². The SMILES string of the molecule is CC.CCC.Cc1ccc(C(=O)O)cc1Br. The van der Waals surface area contributed by atoms with E-state index < -0.39 is 5.97 Å². The molecule has 0 radical (unpaired) electrons. The van der Waals surface area contributed by atoms with Gasteiger partial charge >= 0.3 is 5.97 Å². The third-order valence-electron chi connectivity index (χ3n) is 1.42. The Morgan fingerprint density at radius 1 is 1.31 bits per heavy atom. The highest BCUT2D eigenvalue weighted by Crippen LogP contribution is 2.17. The fraction of sp³-hybridized carbons (Fsp3) is 0.462. The number of carboxylic acid groups (broad SMARTS) is 1. The van der Waals surface area contributed by atoms with E-state index in [1.807, 2.05) is 20.8 Å². The zero-order valence-corrected chi connectivity index (χ0v) is 12.3. The number of aromatic carboxylic acids is 1. The summed E-state index contributed by atoms with van der Waals surface area (Å²) < 4.78 is 0.831. The number of carbonyl (C=O) groups is 1. The maximum atomic E-state index is 10.4. The molecule has 16 heavy (non-hydrogen) atoms. The summed E-state index contributed by atoms with van der Waals surface area (Å²) >= 11 is 3.25. The molecule has 0 atom stereocenters. The van der Waals surface area contributed by atoms with Gasteiger partial charge in [0.1, 0.15) is 0 Å². The molecule has 3 heteroatoms. The smallest absolute Gasteiger partial charge is 0.335 e. The van der Waals surface area contributed by atoms with E-state index in [-0.39, 0.29) is 0 Å². The monoisotopic (exact) mass is 288 g/mol. The van der Waals surface area contributed by atoms with Crippen LogP contribution in [0.4, 0.5) is 0 Å². The first-order chi connectivity index (χ1) is 7.52. The average Bonchev–Trinajstić information content (AvgIpc) is 2.26. The van der Waals surface area contributed by atoms with Gasteiger partial charge in [-0.3, -0.25) is 0 Å². The largest absolute Gasteiger partial charge is 0.478 e. The molecule has 1 N–H and O–H groups in total. The highest BCUT2D eigenvalue weighted by molar-refractivity contribution is 9.10. The van der Waals surface area contributed by atoms with E-state index >= 15 is 0 Å². The third kappa shape index (κ3) is 7.46. The first kappa shape index (κ1) is 17.6. The molecule has 0 saturated heterocycles. The molecule has 0 bridgehead atoms. The quantitative estimate of drug-likeness (QED) is 0.798. The molecule has 2 nitrogen and oxygen atoms in total. The molecule has 0 aliphatic heterocycles. The fourth-order valence-corrected chi connectivity index (χ4v) is 1.10. The minimum Gasteiger partial charge on any atom is -0.478 e. The molecule has 0 aliphatic carbocycles. The number of aryl methyl sites for hydroxylation is 1. The van der Waals surface area contributed by atoms with Gasteiger partial charge in [0, 0.05) is 4.47 Å². The van der Waals surface area contributed by atoms with Crippen LogP contribution in [0.2, 0.25) is 0 Å². The van der Waals surface area contributed by atoms with Crippen LogP contribution in [0.25, 0.3) is 0 Å². The van der Waals surface area contributed by atoms with E-state index in [2.05, 4.69) is 29.8 Å². The van der Waals surface area contributed by atoms with Gasteiger partial charge < -0.3 is 5.11 Å². The molecule has 0 heterocycles. The van der Waals surface area contributed by atoms with Crippen LogP contribution in [0.5, 0.6) is 0 Å². The third-order valence-corrected chi connectivity index (χ3v) is 2.27. The van der Waals surface area contributed by atoms with Crippen molar-refractivity contribution < 1.29 is 9.90 Å².